The molecule has 1 aromatic heterocycles. The van der Waals surface area contributed by atoms with Crippen molar-refractivity contribution in [1.82, 2.24) is 4.98 Å². The molecule has 0 saturated heterocycles. The van der Waals surface area contributed by atoms with Gasteiger partial charge in [-0.15, -0.1) is 0 Å². The highest BCUT2D eigenvalue weighted by Crippen LogP contribution is 2.32. The first kappa shape index (κ1) is 14.0. The van der Waals surface area contributed by atoms with Crippen LogP contribution in [0.15, 0.2) is 39.4 Å². The van der Waals surface area contributed by atoms with Crippen molar-refractivity contribution >= 4 is 37.8 Å². The summed E-state index contributed by atoms with van der Waals surface area (Å²) < 4.78 is 6.97. The quantitative estimate of drug-likeness (QED) is 0.848. The summed E-state index contributed by atoms with van der Waals surface area (Å²) in [5.41, 5.74) is 1.06. The fourth-order valence-electron chi connectivity index (χ4n) is 1.46. The van der Waals surface area contributed by atoms with E-state index < -0.39 is 5.97 Å². The fraction of sp³-hybridized carbons (Fsp3) is 0.0769. The second-order valence-electron chi connectivity index (χ2n) is 3.85. The van der Waals surface area contributed by atoms with E-state index in [1.165, 1.54) is 6.07 Å². The summed E-state index contributed by atoms with van der Waals surface area (Å²) in [4.78, 5) is 15.3. The van der Waals surface area contributed by atoms with Gasteiger partial charge in [-0.25, -0.2) is 9.78 Å². The number of aromatic carboxylic acids is 1. The minimum Gasteiger partial charge on any atom is -0.478 e. The van der Waals surface area contributed by atoms with Gasteiger partial charge in [0.1, 0.15) is 11.3 Å². The van der Waals surface area contributed by atoms with E-state index in [-0.39, 0.29) is 11.3 Å². The molecule has 0 radical (unpaired) electrons. The predicted octanol–water partition coefficient (Wildman–Crippen LogP) is 4.41. The van der Waals surface area contributed by atoms with Crippen LogP contribution in [0.5, 0.6) is 11.6 Å². The molecule has 0 aliphatic rings. The Balaban J connectivity index is 2.42. The number of benzene rings is 1. The van der Waals surface area contributed by atoms with Crippen molar-refractivity contribution in [2.75, 3.05) is 0 Å². The number of rotatable bonds is 3. The zero-order valence-electron chi connectivity index (χ0n) is 9.85. The molecule has 2 aromatic rings. The van der Waals surface area contributed by atoms with Crippen molar-refractivity contribution in [2.45, 2.75) is 6.92 Å². The van der Waals surface area contributed by atoms with E-state index in [4.69, 9.17) is 9.84 Å². The number of nitrogens with zero attached hydrogens (tertiary/aromatic N) is 1. The number of aromatic nitrogens is 1. The van der Waals surface area contributed by atoms with Crippen LogP contribution in [0.2, 0.25) is 0 Å². The second kappa shape index (κ2) is 5.71. The Morgan fingerprint density at radius 1 is 1.32 bits per heavy atom. The first-order valence-electron chi connectivity index (χ1n) is 5.30. The van der Waals surface area contributed by atoms with Gasteiger partial charge >= 0.3 is 5.97 Å². The van der Waals surface area contributed by atoms with Gasteiger partial charge < -0.3 is 9.84 Å². The van der Waals surface area contributed by atoms with E-state index in [1.807, 2.05) is 13.0 Å². The van der Waals surface area contributed by atoms with Crippen molar-refractivity contribution in [3.05, 3.63) is 50.5 Å². The predicted molar refractivity (Wildman–Crippen MR) is 77.8 cm³/mol. The van der Waals surface area contributed by atoms with Crippen molar-refractivity contribution in [1.29, 1.82) is 0 Å². The fourth-order valence-corrected chi connectivity index (χ4v) is 2.34. The van der Waals surface area contributed by atoms with E-state index in [2.05, 4.69) is 36.8 Å². The smallest absolute Gasteiger partial charge is 0.339 e. The van der Waals surface area contributed by atoms with Gasteiger partial charge in [-0.05, 0) is 52.7 Å². The molecule has 0 bridgehead atoms. The molecule has 0 saturated carbocycles. The lowest BCUT2D eigenvalue weighted by atomic mass is 10.2. The first-order valence-corrected chi connectivity index (χ1v) is 6.89. The molecule has 0 atom stereocenters. The van der Waals surface area contributed by atoms with E-state index in [1.54, 1.807) is 18.3 Å². The van der Waals surface area contributed by atoms with Gasteiger partial charge in [0.05, 0.1) is 4.47 Å². The van der Waals surface area contributed by atoms with Crippen LogP contribution in [0.4, 0.5) is 0 Å². The number of hydrogen-bond acceptors (Lipinski definition) is 3. The minimum absolute atomic E-state index is 0.0810. The van der Waals surface area contributed by atoms with E-state index in [0.717, 1.165) is 10.0 Å². The highest BCUT2D eigenvalue weighted by atomic mass is 79.9. The van der Waals surface area contributed by atoms with Gasteiger partial charge in [-0.2, -0.15) is 0 Å². The van der Waals surface area contributed by atoms with Crippen LogP contribution in [0, 0.1) is 6.92 Å². The number of carboxylic acids is 1. The van der Waals surface area contributed by atoms with E-state index in [9.17, 15) is 4.79 Å². The van der Waals surface area contributed by atoms with Crippen LogP contribution < -0.4 is 4.74 Å². The Kier molecular flexibility index (Phi) is 4.21. The number of ether oxygens (including phenoxy) is 1. The highest BCUT2D eigenvalue weighted by molar-refractivity contribution is 9.10. The van der Waals surface area contributed by atoms with Gasteiger partial charge in [0.15, 0.2) is 0 Å². The van der Waals surface area contributed by atoms with Crippen LogP contribution in [0.3, 0.4) is 0 Å². The summed E-state index contributed by atoms with van der Waals surface area (Å²) in [5, 5.41) is 9.12. The standard InChI is InChI=1S/C13H9Br2NO3/c1-7-4-10(15)12(16-6-7)19-11-5-8(14)2-3-9(11)13(17)18/h2-6H,1H3,(H,17,18). The summed E-state index contributed by atoms with van der Waals surface area (Å²) in [7, 11) is 0. The van der Waals surface area contributed by atoms with Gasteiger partial charge in [-0.3, -0.25) is 0 Å². The maximum Gasteiger partial charge on any atom is 0.339 e. The third-order valence-corrected chi connectivity index (χ3v) is 3.39. The Morgan fingerprint density at radius 2 is 2.05 bits per heavy atom. The number of carbonyl (C=O) groups is 1. The molecule has 0 aliphatic heterocycles. The highest BCUT2D eigenvalue weighted by Gasteiger charge is 2.14. The van der Waals surface area contributed by atoms with E-state index in [0.29, 0.717) is 10.4 Å². The van der Waals surface area contributed by atoms with Crippen LogP contribution >= 0.6 is 31.9 Å². The normalized spacial score (nSPS) is 10.3. The number of halogens is 2. The maximum absolute atomic E-state index is 11.1. The topological polar surface area (TPSA) is 59.4 Å². The van der Waals surface area contributed by atoms with Gasteiger partial charge in [0.25, 0.3) is 0 Å². The number of pyridine rings is 1. The molecule has 0 unspecified atom stereocenters. The van der Waals surface area contributed by atoms with Crippen molar-refractivity contribution < 1.29 is 14.6 Å². The van der Waals surface area contributed by atoms with E-state index >= 15 is 0 Å². The molecular formula is C13H9Br2NO3. The lowest BCUT2D eigenvalue weighted by molar-refractivity contribution is 0.0694. The zero-order valence-corrected chi connectivity index (χ0v) is 13.0. The van der Waals surface area contributed by atoms with Crippen LogP contribution in [0.1, 0.15) is 15.9 Å². The lowest BCUT2D eigenvalue weighted by Crippen LogP contribution is -2.01. The largest absolute Gasteiger partial charge is 0.478 e. The van der Waals surface area contributed by atoms with Crippen molar-refractivity contribution in [3.8, 4) is 11.6 Å². The maximum atomic E-state index is 11.1. The van der Waals surface area contributed by atoms with Gasteiger partial charge in [0, 0.05) is 10.7 Å². The molecule has 1 heterocycles. The number of hydrogen-bond donors (Lipinski definition) is 1. The molecule has 0 aliphatic carbocycles. The Labute approximate surface area is 126 Å². The molecule has 0 fully saturated rings. The molecule has 0 spiro atoms. The third-order valence-electron chi connectivity index (χ3n) is 2.32. The molecular weight excluding hydrogens is 378 g/mol. The number of aryl methyl sites for hydroxylation is 1. The molecule has 1 aromatic carbocycles. The molecule has 19 heavy (non-hydrogen) atoms. The van der Waals surface area contributed by atoms with Crippen LogP contribution in [0.25, 0.3) is 0 Å². The molecule has 98 valence electrons. The Bertz CT molecular complexity index is 644. The summed E-state index contributed by atoms with van der Waals surface area (Å²) in [6.07, 6.45) is 1.65. The molecule has 6 heteroatoms. The van der Waals surface area contributed by atoms with Gasteiger partial charge in [-0.1, -0.05) is 15.9 Å². The molecule has 0 amide bonds. The van der Waals surface area contributed by atoms with Crippen molar-refractivity contribution in [2.24, 2.45) is 0 Å². The second-order valence-corrected chi connectivity index (χ2v) is 5.62. The summed E-state index contributed by atoms with van der Waals surface area (Å²) in [5.74, 6) is -0.490. The van der Waals surface area contributed by atoms with Crippen LogP contribution in [-0.4, -0.2) is 16.1 Å². The molecule has 2 rings (SSSR count). The Morgan fingerprint density at radius 3 is 2.68 bits per heavy atom. The summed E-state index contributed by atoms with van der Waals surface area (Å²) in [6, 6.07) is 6.57. The third kappa shape index (κ3) is 3.33. The summed E-state index contributed by atoms with van der Waals surface area (Å²) in [6.45, 7) is 1.91. The first-order chi connectivity index (χ1) is 8.97. The minimum atomic E-state index is -1.05. The summed E-state index contributed by atoms with van der Waals surface area (Å²) >= 11 is 6.62. The van der Waals surface area contributed by atoms with Crippen LogP contribution in [-0.2, 0) is 0 Å². The SMILES string of the molecule is Cc1cnc(Oc2cc(Br)ccc2C(=O)O)c(Br)c1. The monoisotopic (exact) mass is 385 g/mol. The lowest BCUT2D eigenvalue weighted by Gasteiger charge is -2.10. The Hall–Kier alpha value is -1.40. The average molecular weight is 387 g/mol. The molecule has 4 nitrogen and oxygen atoms in total. The number of carboxylic acid groups (broad SMARTS) is 1. The van der Waals surface area contributed by atoms with Crippen molar-refractivity contribution in [3.63, 3.8) is 0 Å². The zero-order chi connectivity index (χ0) is 14.0. The van der Waals surface area contributed by atoms with Gasteiger partial charge in [0.2, 0.25) is 5.88 Å². The average Bonchev–Trinajstić information content (AvgIpc) is 2.32. The molecule has 1 N–H and O–H groups in total.